The maximum Gasteiger partial charge on any atom is 0.0190 e. The number of hydrogen-bond donors (Lipinski definition) is 1. The maximum atomic E-state index is 4.10. The molecule has 1 nitrogen and oxygen atoms in total. The van der Waals surface area contributed by atoms with Gasteiger partial charge in [-0.15, -0.1) is 0 Å². The Kier molecular flexibility index (Phi) is 7.76. The molecule has 0 saturated carbocycles. The molecule has 1 saturated heterocycles. The molecule has 1 heterocycles. The van der Waals surface area contributed by atoms with Crippen LogP contribution in [0.15, 0.2) is 12.2 Å². The highest BCUT2D eigenvalue weighted by Crippen LogP contribution is 2.25. The predicted octanol–water partition coefficient (Wildman–Crippen LogP) is 4.29. The highest BCUT2D eigenvalue weighted by Gasteiger charge is 2.24. The Labute approximate surface area is 96.3 Å². The summed E-state index contributed by atoms with van der Waals surface area (Å²) in [6.45, 7) is 13.8. The molecule has 1 rings (SSSR count). The lowest BCUT2D eigenvalue weighted by atomic mass is 9.88. The van der Waals surface area contributed by atoms with E-state index in [0.717, 1.165) is 12.8 Å². The molecule has 0 bridgehead atoms. The van der Waals surface area contributed by atoms with Crippen molar-refractivity contribution < 1.29 is 0 Å². The van der Waals surface area contributed by atoms with Gasteiger partial charge in [0.2, 0.25) is 0 Å². The van der Waals surface area contributed by atoms with Crippen LogP contribution in [0.5, 0.6) is 0 Å². The molecule has 1 atom stereocenters. The quantitative estimate of drug-likeness (QED) is 0.687. The van der Waals surface area contributed by atoms with Crippen LogP contribution in [0.1, 0.15) is 66.2 Å². The number of nitrogens with one attached hydrogen (secondary N) is 1. The van der Waals surface area contributed by atoms with Crippen molar-refractivity contribution in [1.82, 2.24) is 5.32 Å². The summed E-state index contributed by atoms with van der Waals surface area (Å²) >= 11 is 0. The molecule has 1 heteroatoms. The third kappa shape index (κ3) is 5.99. The van der Waals surface area contributed by atoms with Gasteiger partial charge < -0.3 is 5.32 Å². The summed E-state index contributed by atoms with van der Waals surface area (Å²) in [5, 5.41) is 3.66. The first-order valence-corrected chi connectivity index (χ1v) is 6.58. The van der Waals surface area contributed by atoms with E-state index in [0.29, 0.717) is 5.54 Å². The normalized spacial score (nSPS) is 26.1. The van der Waals surface area contributed by atoms with Crippen molar-refractivity contribution >= 4 is 0 Å². The van der Waals surface area contributed by atoms with Gasteiger partial charge in [0.25, 0.3) is 0 Å². The van der Waals surface area contributed by atoms with E-state index in [-0.39, 0.29) is 0 Å². The minimum Gasteiger partial charge on any atom is -0.311 e. The topological polar surface area (TPSA) is 12.0 Å². The van der Waals surface area contributed by atoms with Crippen molar-refractivity contribution in [3.8, 4) is 0 Å². The lowest BCUT2D eigenvalue weighted by molar-refractivity contribution is 0.343. The van der Waals surface area contributed by atoms with Gasteiger partial charge in [0, 0.05) is 5.54 Å². The van der Waals surface area contributed by atoms with Gasteiger partial charge in [0.05, 0.1) is 0 Å². The monoisotopic (exact) mass is 211 g/mol. The summed E-state index contributed by atoms with van der Waals surface area (Å²) in [6, 6.07) is 0. The molecule has 15 heavy (non-hydrogen) atoms. The zero-order chi connectivity index (χ0) is 11.7. The van der Waals surface area contributed by atoms with Crippen LogP contribution in [-0.4, -0.2) is 12.1 Å². The first kappa shape index (κ1) is 14.7. The first-order valence-electron chi connectivity index (χ1n) is 6.58. The molecule has 0 aliphatic carbocycles. The van der Waals surface area contributed by atoms with Crippen LogP contribution in [0.3, 0.4) is 0 Å². The predicted molar refractivity (Wildman–Crippen MR) is 70.3 cm³/mol. The zero-order valence-corrected chi connectivity index (χ0v) is 11.2. The van der Waals surface area contributed by atoms with Gasteiger partial charge in [0.1, 0.15) is 0 Å². The van der Waals surface area contributed by atoms with Crippen LogP contribution < -0.4 is 5.32 Å². The Morgan fingerprint density at radius 3 is 2.53 bits per heavy atom. The SMILES string of the molecule is C=C(CC)CC1(C)CCCCCN1.CC. The zero-order valence-electron chi connectivity index (χ0n) is 11.2. The van der Waals surface area contributed by atoms with Crippen molar-refractivity contribution in [2.45, 2.75) is 71.8 Å². The Bertz CT molecular complexity index is 164. The van der Waals surface area contributed by atoms with E-state index in [1.54, 1.807) is 0 Å². The van der Waals surface area contributed by atoms with E-state index in [4.69, 9.17) is 0 Å². The average molecular weight is 211 g/mol. The van der Waals surface area contributed by atoms with E-state index >= 15 is 0 Å². The van der Waals surface area contributed by atoms with Crippen molar-refractivity contribution in [3.05, 3.63) is 12.2 Å². The average Bonchev–Trinajstić information content (AvgIpc) is 2.46. The minimum absolute atomic E-state index is 0.337. The molecule has 1 N–H and O–H groups in total. The Morgan fingerprint density at radius 2 is 1.93 bits per heavy atom. The van der Waals surface area contributed by atoms with Gasteiger partial charge in [-0.05, 0) is 39.2 Å². The molecule has 0 amide bonds. The van der Waals surface area contributed by atoms with E-state index < -0.39 is 0 Å². The van der Waals surface area contributed by atoms with Gasteiger partial charge in [-0.25, -0.2) is 0 Å². The maximum absolute atomic E-state index is 4.10. The molecule has 0 spiro atoms. The van der Waals surface area contributed by atoms with Crippen LogP contribution in [0.4, 0.5) is 0 Å². The van der Waals surface area contributed by atoms with Crippen LogP contribution >= 0.6 is 0 Å². The smallest absolute Gasteiger partial charge is 0.0190 e. The number of hydrogen-bond acceptors (Lipinski definition) is 1. The Hall–Kier alpha value is -0.300. The van der Waals surface area contributed by atoms with E-state index in [1.807, 2.05) is 13.8 Å². The molecular weight excluding hydrogens is 182 g/mol. The fourth-order valence-corrected chi connectivity index (χ4v) is 2.12. The lowest BCUT2D eigenvalue weighted by Gasteiger charge is -2.30. The third-order valence-electron chi connectivity index (χ3n) is 3.10. The molecule has 0 aromatic rings. The van der Waals surface area contributed by atoms with Crippen LogP contribution in [-0.2, 0) is 0 Å². The van der Waals surface area contributed by atoms with Gasteiger partial charge in [-0.2, -0.15) is 0 Å². The van der Waals surface area contributed by atoms with E-state index in [9.17, 15) is 0 Å². The van der Waals surface area contributed by atoms with Crippen LogP contribution in [0.2, 0.25) is 0 Å². The Balaban J connectivity index is 0.000000921. The number of rotatable bonds is 3. The molecule has 1 fully saturated rings. The van der Waals surface area contributed by atoms with Crippen LogP contribution in [0, 0.1) is 0 Å². The second-order valence-corrected chi connectivity index (χ2v) is 4.58. The Morgan fingerprint density at radius 1 is 1.27 bits per heavy atom. The fraction of sp³-hybridized carbons (Fsp3) is 0.857. The van der Waals surface area contributed by atoms with Crippen molar-refractivity contribution in [2.75, 3.05) is 6.54 Å². The van der Waals surface area contributed by atoms with Crippen LogP contribution in [0.25, 0.3) is 0 Å². The second-order valence-electron chi connectivity index (χ2n) is 4.58. The second kappa shape index (κ2) is 7.92. The molecule has 1 unspecified atom stereocenters. The third-order valence-corrected chi connectivity index (χ3v) is 3.10. The standard InChI is InChI=1S/C12H23N.C2H6/c1-4-11(2)10-12(3)8-6-5-7-9-13-12;1-2/h13H,2,4-10H2,1,3H3;1-2H3. The van der Waals surface area contributed by atoms with Crippen molar-refractivity contribution in [2.24, 2.45) is 0 Å². The fourth-order valence-electron chi connectivity index (χ4n) is 2.12. The van der Waals surface area contributed by atoms with Gasteiger partial charge in [-0.1, -0.05) is 45.8 Å². The first-order chi connectivity index (χ1) is 7.16. The summed E-state index contributed by atoms with van der Waals surface area (Å²) in [5.41, 5.74) is 1.72. The summed E-state index contributed by atoms with van der Waals surface area (Å²) < 4.78 is 0. The summed E-state index contributed by atoms with van der Waals surface area (Å²) in [7, 11) is 0. The summed E-state index contributed by atoms with van der Waals surface area (Å²) in [6.07, 6.45) is 7.70. The molecule has 0 aromatic heterocycles. The molecular formula is C14H29N. The molecule has 1 aliphatic rings. The van der Waals surface area contributed by atoms with Gasteiger partial charge in [0.15, 0.2) is 0 Å². The summed E-state index contributed by atoms with van der Waals surface area (Å²) in [5.74, 6) is 0. The van der Waals surface area contributed by atoms with Gasteiger partial charge in [-0.3, -0.25) is 0 Å². The minimum atomic E-state index is 0.337. The molecule has 90 valence electrons. The van der Waals surface area contributed by atoms with Crippen molar-refractivity contribution in [1.29, 1.82) is 0 Å². The van der Waals surface area contributed by atoms with Gasteiger partial charge >= 0.3 is 0 Å². The largest absolute Gasteiger partial charge is 0.311 e. The highest BCUT2D eigenvalue weighted by atomic mass is 15.0. The van der Waals surface area contributed by atoms with E-state index in [1.165, 1.54) is 37.8 Å². The highest BCUT2D eigenvalue weighted by molar-refractivity contribution is 5.02. The summed E-state index contributed by atoms with van der Waals surface area (Å²) in [4.78, 5) is 0. The molecule has 0 radical (unpaired) electrons. The lowest BCUT2D eigenvalue weighted by Crippen LogP contribution is -2.41. The van der Waals surface area contributed by atoms with E-state index in [2.05, 4.69) is 25.7 Å². The molecule has 1 aliphatic heterocycles. The van der Waals surface area contributed by atoms with Crippen molar-refractivity contribution in [3.63, 3.8) is 0 Å². The molecule has 0 aromatic carbocycles.